The number of esters is 1. The molecule has 31 heavy (non-hydrogen) atoms. The molecule has 0 aromatic carbocycles. The Morgan fingerprint density at radius 1 is 0.710 bits per heavy atom. The first kappa shape index (κ1) is 30.4. The van der Waals surface area contributed by atoms with Gasteiger partial charge >= 0.3 is 5.97 Å². The van der Waals surface area contributed by atoms with Crippen LogP contribution in [0.3, 0.4) is 0 Å². The van der Waals surface area contributed by atoms with Crippen molar-refractivity contribution < 1.29 is 14.3 Å². The van der Waals surface area contributed by atoms with E-state index in [1.54, 1.807) is 0 Å². The molecule has 0 saturated carbocycles. The van der Waals surface area contributed by atoms with E-state index >= 15 is 0 Å². The molecule has 0 radical (unpaired) electrons. The molecule has 5 heteroatoms. The SMILES string of the molecule is CCCCCCCCCC(CCCCCCCC(=O)OC)NC(=O)CCCCCCBr. The van der Waals surface area contributed by atoms with Crippen molar-refractivity contribution >= 4 is 27.8 Å². The molecular weight excluding hydrogens is 454 g/mol. The van der Waals surface area contributed by atoms with Crippen molar-refractivity contribution in [2.45, 2.75) is 141 Å². The molecule has 184 valence electrons. The van der Waals surface area contributed by atoms with E-state index in [4.69, 9.17) is 0 Å². The Balaban J connectivity index is 4.06. The molecule has 0 aliphatic heterocycles. The fourth-order valence-electron chi connectivity index (χ4n) is 3.96. The van der Waals surface area contributed by atoms with Crippen LogP contribution >= 0.6 is 15.9 Å². The Bertz CT molecular complexity index is 417. The highest BCUT2D eigenvalue weighted by Gasteiger charge is 2.12. The van der Waals surface area contributed by atoms with Crippen molar-refractivity contribution in [2.75, 3.05) is 12.4 Å². The van der Waals surface area contributed by atoms with Gasteiger partial charge in [0.05, 0.1) is 7.11 Å². The van der Waals surface area contributed by atoms with Gasteiger partial charge in [0.15, 0.2) is 0 Å². The topological polar surface area (TPSA) is 55.4 Å². The number of nitrogens with one attached hydrogen (secondary N) is 1. The van der Waals surface area contributed by atoms with Crippen molar-refractivity contribution in [1.82, 2.24) is 5.32 Å². The fraction of sp³-hybridized carbons (Fsp3) is 0.923. The van der Waals surface area contributed by atoms with E-state index in [0.29, 0.717) is 18.9 Å². The van der Waals surface area contributed by atoms with Crippen molar-refractivity contribution in [2.24, 2.45) is 0 Å². The van der Waals surface area contributed by atoms with Gasteiger partial charge in [-0.3, -0.25) is 9.59 Å². The van der Waals surface area contributed by atoms with Crippen LogP contribution in [0.15, 0.2) is 0 Å². The molecule has 0 fully saturated rings. The molecule has 0 saturated heterocycles. The Kier molecular flexibility index (Phi) is 23.6. The number of ether oxygens (including phenoxy) is 1. The summed E-state index contributed by atoms with van der Waals surface area (Å²) in [5, 5.41) is 4.39. The molecule has 0 heterocycles. The minimum atomic E-state index is -0.107. The highest BCUT2D eigenvalue weighted by Crippen LogP contribution is 2.15. The van der Waals surface area contributed by atoms with Gasteiger partial charge < -0.3 is 10.1 Å². The third-order valence-electron chi connectivity index (χ3n) is 5.97. The Morgan fingerprint density at radius 2 is 1.19 bits per heavy atom. The van der Waals surface area contributed by atoms with Gasteiger partial charge in [0.1, 0.15) is 0 Å². The summed E-state index contributed by atoms with van der Waals surface area (Å²) in [5.41, 5.74) is 0. The number of carbonyl (C=O) groups excluding carboxylic acids is 2. The van der Waals surface area contributed by atoms with Gasteiger partial charge in [0.2, 0.25) is 5.91 Å². The average molecular weight is 505 g/mol. The second-order valence-electron chi connectivity index (χ2n) is 8.91. The zero-order chi connectivity index (χ0) is 23.0. The number of amides is 1. The standard InChI is InChI=1S/C26H50BrNO3/c1-3-4-5-6-7-9-14-19-24(28-25(29)21-16-12-13-18-23-27)20-15-10-8-11-17-22-26(30)31-2/h24H,3-23H2,1-2H3,(H,28,29). The smallest absolute Gasteiger partial charge is 0.305 e. The summed E-state index contributed by atoms with van der Waals surface area (Å²) in [5.74, 6) is 0.134. The summed E-state index contributed by atoms with van der Waals surface area (Å²) in [4.78, 5) is 23.5. The molecule has 1 atom stereocenters. The first-order chi connectivity index (χ1) is 15.1. The first-order valence-corrected chi connectivity index (χ1v) is 14.2. The number of hydrogen-bond acceptors (Lipinski definition) is 3. The second kappa shape index (κ2) is 24.1. The van der Waals surface area contributed by atoms with E-state index in [2.05, 4.69) is 32.9 Å². The molecule has 0 rings (SSSR count). The van der Waals surface area contributed by atoms with Crippen molar-refractivity contribution in [3.63, 3.8) is 0 Å². The molecular formula is C26H50BrNO3. The minimum absolute atomic E-state index is 0.107. The van der Waals surface area contributed by atoms with Gasteiger partial charge in [0, 0.05) is 24.2 Å². The zero-order valence-electron chi connectivity index (χ0n) is 20.5. The molecule has 0 aromatic rings. The predicted molar refractivity (Wildman–Crippen MR) is 136 cm³/mol. The summed E-state index contributed by atoms with van der Waals surface area (Å²) < 4.78 is 4.69. The van der Waals surface area contributed by atoms with Crippen LogP contribution in [0.5, 0.6) is 0 Å². The summed E-state index contributed by atoms with van der Waals surface area (Å²) in [7, 11) is 1.45. The molecule has 1 unspecified atom stereocenters. The summed E-state index contributed by atoms with van der Waals surface area (Å²) in [6.07, 6.45) is 22.6. The van der Waals surface area contributed by atoms with Crippen LogP contribution in [0, 0.1) is 0 Å². The maximum atomic E-state index is 12.4. The van der Waals surface area contributed by atoms with Crippen LogP contribution in [0.1, 0.15) is 135 Å². The third-order valence-corrected chi connectivity index (χ3v) is 6.53. The van der Waals surface area contributed by atoms with E-state index < -0.39 is 0 Å². The van der Waals surface area contributed by atoms with Crippen LogP contribution in [0.25, 0.3) is 0 Å². The lowest BCUT2D eigenvalue weighted by molar-refractivity contribution is -0.140. The van der Waals surface area contributed by atoms with Gasteiger partial charge in [-0.25, -0.2) is 0 Å². The number of methoxy groups -OCH3 is 1. The van der Waals surface area contributed by atoms with E-state index in [0.717, 1.165) is 56.7 Å². The molecule has 1 amide bonds. The Hall–Kier alpha value is -0.580. The molecule has 0 aromatic heterocycles. The molecule has 0 bridgehead atoms. The minimum Gasteiger partial charge on any atom is -0.469 e. The maximum Gasteiger partial charge on any atom is 0.305 e. The van der Waals surface area contributed by atoms with E-state index in [-0.39, 0.29) is 11.9 Å². The number of carbonyl (C=O) groups is 2. The number of halogens is 1. The first-order valence-electron chi connectivity index (χ1n) is 13.1. The van der Waals surface area contributed by atoms with Gasteiger partial charge in [0.25, 0.3) is 0 Å². The monoisotopic (exact) mass is 503 g/mol. The summed E-state index contributed by atoms with van der Waals surface area (Å²) in [6, 6.07) is 0.334. The molecule has 0 aliphatic carbocycles. The van der Waals surface area contributed by atoms with Crippen LogP contribution < -0.4 is 5.32 Å². The van der Waals surface area contributed by atoms with E-state index in [9.17, 15) is 9.59 Å². The summed E-state index contributed by atoms with van der Waals surface area (Å²) in [6.45, 7) is 2.26. The fourth-order valence-corrected chi connectivity index (χ4v) is 4.36. The Morgan fingerprint density at radius 3 is 1.74 bits per heavy atom. The third kappa shape index (κ3) is 22.4. The van der Waals surface area contributed by atoms with Gasteiger partial charge in [-0.1, -0.05) is 106 Å². The molecule has 1 N–H and O–H groups in total. The highest BCUT2D eigenvalue weighted by molar-refractivity contribution is 9.09. The summed E-state index contributed by atoms with van der Waals surface area (Å²) >= 11 is 3.46. The average Bonchev–Trinajstić information content (AvgIpc) is 2.77. The van der Waals surface area contributed by atoms with Gasteiger partial charge in [-0.2, -0.15) is 0 Å². The lowest BCUT2D eigenvalue weighted by atomic mass is 9.99. The lowest BCUT2D eigenvalue weighted by Gasteiger charge is -2.19. The molecule has 4 nitrogen and oxygen atoms in total. The zero-order valence-corrected chi connectivity index (χ0v) is 22.1. The maximum absolute atomic E-state index is 12.4. The van der Waals surface area contributed by atoms with Crippen molar-refractivity contribution in [3.05, 3.63) is 0 Å². The highest BCUT2D eigenvalue weighted by atomic mass is 79.9. The predicted octanol–water partition coefficient (Wildman–Crippen LogP) is 7.86. The van der Waals surface area contributed by atoms with Gasteiger partial charge in [-0.15, -0.1) is 0 Å². The number of alkyl halides is 1. The van der Waals surface area contributed by atoms with E-state index in [1.165, 1.54) is 71.3 Å². The molecule has 0 spiro atoms. The normalized spacial score (nSPS) is 12.0. The van der Waals surface area contributed by atoms with Crippen LogP contribution in [-0.2, 0) is 14.3 Å². The van der Waals surface area contributed by atoms with Crippen LogP contribution in [0.4, 0.5) is 0 Å². The molecule has 0 aliphatic rings. The lowest BCUT2D eigenvalue weighted by Crippen LogP contribution is -2.34. The van der Waals surface area contributed by atoms with Crippen LogP contribution in [-0.4, -0.2) is 30.4 Å². The van der Waals surface area contributed by atoms with Crippen molar-refractivity contribution in [3.8, 4) is 0 Å². The van der Waals surface area contributed by atoms with E-state index in [1.807, 2.05) is 0 Å². The Labute approximate surface area is 201 Å². The van der Waals surface area contributed by atoms with Gasteiger partial charge in [-0.05, 0) is 32.1 Å². The number of rotatable bonds is 23. The van der Waals surface area contributed by atoms with Crippen molar-refractivity contribution in [1.29, 1.82) is 0 Å². The van der Waals surface area contributed by atoms with Crippen LogP contribution in [0.2, 0.25) is 0 Å². The number of hydrogen-bond donors (Lipinski definition) is 1. The second-order valence-corrected chi connectivity index (χ2v) is 9.70. The number of unbranched alkanes of at least 4 members (excludes halogenated alkanes) is 13. The quantitative estimate of drug-likeness (QED) is 0.0875. The largest absolute Gasteiger partial charge is 0.469 e.